The van der Waals surface area contributed by atoms with Crippen molar-refractivity contribution in [3.63, 3.8) is 0 Å². The quantitative estimate of drug-likeness (QED) is 0.619. The molecule has 0 N–H and O–H groups in total. The van der Waals surface area contributed by atoms with Gasteiger partial charge in [0, 0.05) is 39.0 Å². The molecule has 0 aromatic carbocycles. The number of rotatable bonds is 2. The molecule has 0 aliphatic carbocycles. The van der Waals surface area contributed by atoms with Crippen molar-refractivity contribution in [2.75, 3.05) is 6.61 Å². The van der Waals surface area contributed by atoms with E-state index in [0.717, 1.165) is 5.56 Å². The van der Waals surface area contributed by atoms with Crippen LogP contribution in [0, 0.1) is 11.2 Å². The second kappa shape index (κ2) is 6.11. The zero-order valence-electron chi connectivity index (χ0n) is 7.08. The number of nitrogens with zero attached hydrogens (tertiary/aromatic N) is 1. The van der Waals surface area contributed by atoms with E-state index < -0.39 is 0 Å². The molecule has 0 radical (unpaired) electrons. The third-order valence-corrected chi connectivity index (χ3v) is 2.10. The molecule has 0 saturated carbocycles. The van der Waals surface area contributed by atoms with Gasteiger partial charge >= 0.3 is 0 Å². The zero-order valence-corrected chi connectivity index (χ0v) is 10.1. The van der Waals surface area contributed by atoms with Gasteiger partial charge in [-0.3, -0.25) is 0 Å². The molecule has 4 heteroatoms. The predicted molar refractivity (Wildman–Crippen MR) is 63.9 cm³/mol. The molecule has 1 rings (SSSR count). The van der Waals surface area contributed by atoms with Crippen LogP contribution in [0.1, 0.15) is 12.5 Å². The molecule has 13 heavy (non-hydrogen) atoms. The fourth-order valence-corrected chi connectivity index (χ4v) is 1.25. The third kappa shape index (κ3) is 3.87. The summed E-state index contributed by atoms with van der Waals surface area (Å²) in [5, 5.41) is 2.89. The summed E-state index contributed by atoms with van der Waals surface area (Å²) in [5.74, 6) is 3.60. The zero-order chi connectivity index (χ0) is 9.52. The topological polar surface area (TPSA) is 22.1 Å². The van der Waals surface area contributed by atoms with Crippen LogP contribution in [0.4, 0.5) is 0 Å². The van der Waals surface area contributed by atoms with E-state index in [-0.39, 0.29) is 0 Å². The number of hydrogen-bond acceptors (Lipinski definition) is 3. The van der Waals surface area contributed by atoms with Crippen LogP contribution in [0.25, 0.3) is 0 Å². The van der Waals surface area contributed by atoms with Crippen molar-refractivity contribution in [2.24, 2.45) is 0 Å². The molecule has 0 saturated heterocycles. The summed E-state index contributed by atoms with van der Waals surface area (Å²) in [5.41, 5.74) is 0.910. The van der Waals surface area contributed by atoms with E-state index in [0.29, 0.717) is 12.5 Å². The van der Waals surface area contributed by atoms with Crippen molar-refractivity contribution in [3.8, 4) is 17.1 Å². The predicted octanol–water partition coefficient (Wildman–Crippen LogP) is 2.87. The second-order valence-electron chi connectivity index (χ2n) is 2.12. The Labute approximate surface area is 94.1 Å². The number of pyridine rings is 1. The van der Waals surface area contributed by atoms with Crippen molar-refractivity contribution in [2.45, 2.75) is 6.92 Å². The molecule has 0 bridgehead atoms. The van der Waals surface area contributed by atoms with Crippen molar-refractivity contribution >= 4 is 30.1 Å². The monoisotopic (exact) mass is 305 g/mol. The van der Waals surface area contributed by atoms with E-state index in [9.17, 15) is 0 Å². The molecular weight excluding hydrogens is 297 g/mol. The lowest BCUT2D eigenvalue weighted by atomic mass is 10.3. The fraction of sp³-hybridized carbons (Fsp3) is 0.222. The van der Waals surface area contributed by atoms with Crippen LogP contribution in [0.5, 0.6) is 5.88 Å². The average molecular weight is 305 g/mol. The minimum atomic E-state index is 0.641. The van der Waals surface area contributed by atoms with Gasteiger partial charge in [0.25, 0.3) is 0 Å². The van der Waals surface area contributed by atoms with E-state index in [1.54, 1.807) is 6.20 Å². The summed E-state index contributed by atoms with van der Waals surface area (Å²) in [6, 6.07) is 3.73. The lowest BCUT2D eigenvalue weighted by Gasteiger charge is -1.99. The molecule has 0 spiro atoms. The second-order valence-corrected chi connectivity index (χ2v) is 3.80. The number of hydrogen-bond donors (Lipinski definition) is 0. The first kappa shape index (κ1) is 10.7. The Morgan fingerprint density at radius 1 is 1.62 bits per heavy atom. The van der Waals surface area contributed by atoms with Gasteiger partial charge in [-0.05, 0) is 27.2 Å². The standard InChI is InChI=1S/C9H8INOS/c1-2-12-9-4-3-8(7-11-9)5-6-13-10/h3-4,7H,2H2,1H3. The highest BCUT2D eigenvalue weighted by molar-refractivity contribution is 14.2. The molecular formula is C9H8INOS. The molecule has 0 aliphatic rings. The Kier molecular flexibility index (Phi) is 5.01. The average Bonchev–Trinajstić information content (AvgIpc) is 2.17. The summed E-state index contributed by atoms with van der Waals surface area (Å²) >= 11 is 2.13. The molecule has 2 nitrogen and oxygen atoms in total. The molecule has 1 heterocycles. The Morgan fingerprint density at radius 2 is 2.46 bits per heavy atom. The Hall–Kier alpha value is -0.410. The first-order chi connectivity index (χ1) is 6.36. The summed E-state index contributed by atoms with van der Waals surface area (Å²) in [7, 11) is 1.46. The summed E-state index contributed by atoms with van der Waals surface area (Å²) in [6.07, 6.45) is 1.71. The lowest BCUT2D eigenvalue weighted by molar-refractivity contribution is 0.327. The number of halogens is 1. The van der Waals surface area contributed by atoms with Gasteiger partial charge < -0.3 is 4.74 Å². The van der Waals surface area contributed by atoms with Crippen molar-refractivity contribution in [1.29, 1.82) is 0 Å². The van der Waals surface area contributed by atoms with Crippen molar-refractivity contribution in [1.82, 2.24) is 4.98 Å². The maximum Gasteiger partial charge on any atom is 0.213 e. The van der Waals surface area contributed by atoms with Gasteiger partial charge in [0.05, 0.1) is 6.61 Å². The smallest absolute Gasteiger partial charge is 0.213 e. The number of ether oxygens (including phenoxy) is 1. The van der Waals surface area contributed by atoms with Crippen LogP contribution in [-0.4, -0.2) is 11.6 Å². The maximum atomic E-state index is 5.20. The lowest BCUT2D eigenvalue weighted by Crippen LogP contribution is -1.93. The first-order valence-corrected chi connectivity index (χ1v) is 7.10. The van der Waals surface area contributed by atoms with Crippen molar-refractivity contribution in [3.05, 3.63) is 23.9 Å². The molecule has 1 aromatic heterocycles. The van der Waals surface area contributed by atoms with E-state index >= 15 is 0 Å². The van der Waals surface area contributed by atoms with Crippen LogP contribution in [0.3, 0.4) is 0 Å². The van der Waals surface area contributed by atoms with Gasteiger partial charge in [-0.2, -0.15) is 0 Å². The fourth-order valence-electron chi connectivity index (χ4n) is 0.766. The normalized spacial score (nSPS) is 8.77. The summed E-state index contributed by atoms with van der Waals surface area (Å²) < 4.78 is 5.20. The minimum absolute atomic E-state index is 0.641. The molecule has 0 amide bonds. The SMILES string of the molecule is CCOc1ccc(C#CSI)cn1. The largest absolute Gasteiger partial charge is 0.478 e. The summed E-state index contributed by atoms with van der Waals surface area (Å²) in [4.78, 5) is 4.08. The minimum Gasteiger partial charge on any atom is -0.478 e. The highest BCUT2D eigenvalue weighted by Crippen LogP contribution is 2.09. The van der Waals surface area contributed by atoms with Gasteiger partial charge in [0.15, 0.2) is 0 Å². The molecule has 1 aromatic rings. The van der Waals surface area contributed by atoms with E-state index in [1.165, 1.54) is 8.93 Å². The highest BCUT2D eigenvalue weighted by atomic mass is 127. The van der Waals surface area contributed by atoms with Crippen LogP contribution in [0.15, 0.2) is 18.3 Å². The van der Waals surface area contributed by atoms with Gasteiger partial charge in [0.2, 0.25) is 5.88 Å². The van der Waals surface area contributed by atoms with Crippen LogP contribution in [-0.2, 0) is 0 Å². The van der Waals surface area contributed by atoms with Crippen molar-refractivity contribution < 1.29 is 4.74 Å². The third-order valence-electron chi connectivity index (χ3n) is 1.26. The van der Waals surface area contributed by atoms with E-state index in [4.69, 9.17) is 4.74 Å². The number of aromatic nitrogens is 1. The van der Waals surface area contributed by atoms with Gasteiger partial charge in [-0.1, -0.05) is 5.92 Å². The Bertz CT molecular complexity index is 315. The van der Waals surface area contributed by atoms with E-state index in [2.05, 4.69) is 37.4 Å². The Morgan fingerprint density at radius 3 is 3.00 bits per heavy atom. The van der Waals surface area contributed by atoms with Crippen LogP contribution >= 0.6 is 30.1 Å². The first-order valence-electron chi connectivity index (χ1n) is 3.74. The molecule has 0 fully saturated rings. The molecule has 0 aliphatic heterocycles. The highest BCUT2D eigenvalue weighted by Gasteiger charge is 1.92. The van der Waals surface area contributed by atoms with Crippen LogP contribution < -0.4 is 4.74 Å². The maximum absolute atomic E-state index is 5.20. The van der Waals surface area contributed by atoms with Crippen LogP contribution in [0.2, 0.25) is 0 Å². The van der Waals surface area contributed by atoms with Gasteiger partial charge in [0.1, 0.15) is 0 Å². The van der Waals surface area contributed by atoms with Gasteiger partial charge in [-0.15, -0.1) is 0 Å². The summed E-state index contributed by atoms with van der Waals surface area (Å²) in [6.45, 7) is 2.57. The molecule has 0 unspecified atom stereocenters. The van der Waals surface area contributed by atoms with E-state index in [1.807, 2.05) is 19.1 Å². The van der Waals surface area contributed by atoms with Gasteiger partial charge in [-0.25, -0.2) is 4.98 Å². The Balaban J connectivity index is 2.69. The molecule has 68 valence electrons. The molecule has 0 atom stereocenters.